The summed E-state index contributed by atoms with van der Waals surface area (Å²) in [6.07, 6.45) is 4.30. The SMILES string of the molecule is CNCC(C)(C)C1CC(C)CC(C)C1. The van der Waals surface area contributed by atoms with Crippen molar-refractivity contribution in [2.24, 2.45) is 23.2 Å². The maximum absolute atomic E-state index is 3.33. The molecule has 0 bridgehead atoms. The van der Waals surface area contributed by atoms with Crippen molar-refractivity contribution < 1.29 is 0 Å². The summed E-state index contributed by atoms with van der Waals surface area (Å²) in [4.78, 5) is 0. The molecule has 1 aliphatic carbocycles. The van der Waals surface area contributed by atoms with Crippen molar-refractivity contribution in [2.75, 3.05) is 13.6 Å². The Bertz CT molecular complexity index is 164. The van der Waals surface area contributed by atoms with Crippen LogP contribution < -0.4 is 5.32 Å². The topological polar surface area (TPSA) is 12.0 Å². The second-order valence-electron chi connectivity index (χ2n) is 6.13. The molecular weight excluding hydrogens is 170 g/mol. The molecule has 0 heterocycles. The molecule has 0 aromatic rings. The van der Waals surface area contributed by atoms with Crippen LogP contribution >= 0.6 is 0 Å². The molecule has 0 spiro atoms. The largest absolute Gasteiger partial charge is 0.319 e. The van der Waals surface area contributed by atoms with Gasteiger partial charge in [0, 0.05) is 6.54 Å². The third kappa shape index (κ3) is 2.98. The lowest BCUT2D eigenvalue weighted by molar-refractivity contribution is 0.101. The van der Waals surface area contributed by atoms with Crippen molar-refractivity contribution in [1.82, 2.24) is 5.32 Å². The van der Waals surface area contributed by atoms with Gasteiger partial charge in [0.2, 0.25) is 0 Å². The highest BCUT2D eigenvalue weighted by molar-refractivity contribution is 4.86. The average Bonchev–Trinajstić information content (AvgIpc) is 2.02. The zero-order valence-corrected chi connectivity index (χ0v) is 10.6. The minimum atomic E-state index is 0.470. The van der Waals surface area contributed by atoms with E-state index in [0.717, 1.165) is 24.3 Å². The van der Waals surface area contributed by atoms with E-state index in [1.807, 2.05) is 0 Å². The molecule has 1 rings (SSSR count). The first-order chi connectivity index (χ1) is 6.45. The molecule has 1 fully saturated rings. The van der Waals surface area contributed by atoms with Gasteiger partial charge in [-0.25, -0.2) is 0 Å². The fraction of sp³-hybridized carbons (Fsp3) is 1.00. The van der Waals surface area contributed by atoms with Gasteiger partial charge in [-0.05, 0) is 49.5 Å². The standard InChI is InChI=1S/C13H27N/c1-10-6-11(2)8-12(7-10)13(3,4)9-14-5/h10-12,14H,6-9H2,1-5H3. The maximum Gasteiger partial charge on any atom is 0.000217 e. The Hall–Kier alpha value is -0.0400. The molecule has 1 aliphatic rings. The molecule has 2 atom stereocenters. The van der Waals surface area contributed by atoms with Crippen molar-refractivity contribution in [3.8, 4) is 0 Å². The molecule has 0 aliphatic heterocycles. The van der Waals surface area contributed by atoms with E-state index in [1.54, 1.807) is 0 Å². The molecule has 0 aromatic heterocycles. The van der Waals surface area contributed by atoms with E-state index in [2.05, 4.69) is 40.1 Å². The van der Waals surface area contributed by atoms with Crippen LogP contribution in [-0.2, 0) is 0 Å². The van der Waals surface area contributed by atoms with E-state index >= 15 is 0 Å². The third-order valence-electron chi connectivity index (χ3n) is 3.92. The number of nitrogens with one attached hydrogen (secondary N) is 1. The second kappa shape index (κ2) is 4.65. The van der Waals surface area contributed by atoms with Crippen LogP contribution in [-0.4, -0.2) is 13.6 Å². The van der Waals surface area contributed by atoms with Gasteiger partial charge in [0.05, 0.1) is 0 Å². The van der Waals surface area contributed by atoms with Crippen molar-refractivity contribution in [3.63, 3.8) is 0 Å². The minimum Gasteiger partial charge on any atom is -0.319 e. The average molecular weight is 197 g/mol. The molecule has 14 heavy (non-hydrogen) atoms. The molecule has 0 aromatic carbocycles. The summed E-state index contributed by atoms with van der Waals surface area (Å²) >= 11 is 0. The van der Waals surface area contributed by atoms with Crippen molar-refractivity contribution in [3.05, 3.63) is 0 Å². The number of rotatable bonds is 3. The third-order valence-corrected chi connectivity index (χ3v) is 3.92. The molecule has 2 unspecified atom stereocenters. The van der Waals surface area contributed by atoms with Crippen LogP contribution in [0.25, 0.3) is 0 Å². The van der Waals surface area contributed by atoms with Crippen LogP contribution in [0.3, 0.4) is 0 Å². The second-order valence-corrected chi connectivity index (χ2v) is 6.13. The predicted molar refractivity (Wildman–Crippen MR) is 63.4 cm³/mol. The Morgan fingerprint density at radius 2 is 1.57 bits per heavy atom. The fourth-order valence-corrected chi connectivity index (χ4v) is 3.18. The molecule has 0 saturated heterocycles. The highest BCUT2D eigenvalue weighted by atomic mass is 14.8. The molecule has 84 valence electrons. The van der Waals surface area contributed by atoms with Crippen molar-refractivity contribution >= 4 is 0 Å². The van der Waals surface area contributed by atoms with E-state index in [0.29, 0.717) is 5.41 Å². The van der Waals surface area contributed by atoms with Gasteiger partial charge >= 0.3 is 0 Å². The zero-order chi connectivity index (χ0) is 10.8. The normalized spacial score (nSPS) is 34.5. The first-order valence-corrected chi connectivity index (χ1v) is 6.10. The lowest BCUT2D eigenvalue weighted by Gasteiger charge is -2.41. The Kier molecular flexibility index (Phi) is 4.00. The van der Waals surface area contributed by atoms with E-state index in [4.69, 9.17) is 0 Å². The quantitative estimate of drug-likeness (QED) is 0.732. The summed E-state index contributed by atoms with van der Waals surface area (Å²) in [5.74, 6) is 2.77. The van der Waals surface area contributed by atoms with Gasteiger partial charge in [0.15, 0.2) is 0 Å². The first kappa shape index (κ1) is 12.0. The van der Waals surface area contributed by atoms with Gasteiger partial charge in [-0.15, -0.1) is 0 Å². The smallest absolute Gasteiger partial charge is 0.000217 e. The molecular formula is C13H27N. The van der Waals surface area contributed by atoms with Gasteiger partial charge in [-0.1, -0.05) is 27.7 Å². The van der Waals surface area contributed by atoms with Crippen LogP contribution in [0.4, 0.5) is 0 Å². The molecule has 1 saturated carbocycles. The van der Waals surface area contributed by atoms with Crippen LogP contribution in [0, 0.1) is 23.2 Å². The van der Waals surface area contributed by atoms with Crippen molar-refractivity contribution in [2.45, 2.75) is 47.0 Å². The van der Waals surface area contributed by atoms with E-state index in [1.165, 1.54) is 19.3 Å². The summed E-state index contributed by atoms with van der Waals surface area (Å²) in [7, 11) is 2.07. The van der Waals surface area contributed by atoms with Crippen LogP contribution in [0.5, 0.6) is 0 Å². The minimum absolute atomic E-state index is 0.470. The van der Waals surface area contributed by atoms with E-state index in [-0.39, 0.29) is 0 Å². The lowest BCUT2D eigenvalue weighted by Crippen LogP contribution is -2.38. The molecule has 1 N–H and O–H groups in total. The van der Waals surface area contributed by atoms with Gasteiger partial charge in [0.25, 0.3) is 0 Å². The van der Waals surface area contributed by atoms with Crippen LogP contribution in [0.1, 0.15) is 47.0 Å². The van der Waals surface area contributed by atoms with Gasteiger partial charge in [-0.3, -0.25) is 0 Å². The molecule has 0 amide bonds. The lowest BCUT2D eigenvalue weighted by atomic mass is 9.65. The van der Waals surface area contributed by atoms with Gasteiger partial charge < -0.3 is 5.32 Å². The van der Waals surface area contributed by atoms with Gasteiger partial charge in [-0.2, -0.15) is 0 Å². The molecule has 1 nitrogen and oxygen atoms in total. The summed E-state index contributed by atoms with van der Waals surface area (Å²) in [6.45, 7) is 10.8. The van der Waals surface area contributed by atoms with Crippen LogP contribution in [0.15, 0.2) is 0 Å². The number of hydrogen-bond donors (Lipinski definition) is 1. The Morgan fingerprint density at radius 1 is 1.07 bits per heavy atom. The first-order valence-electron chi connectivity index (χ1n) is 6.10. The fourth-order valence-electron chi connectivity index (χ4n) is 3.18. The molecule has 1 heteroatoms. The van der Waals surface area contributed by atoms with E-state index < -0.39 is 0 Å². The maximum atomic E-state index is 3.33. The van der Waals surface area contributed by atoms with Crippen molar-refractivity contribution in [1.29, 1.82) is 0 Å². The summed E-state index contributed by atoms with van der Waals surface area (Å²) in [5, 5.41) is 3.33. The predicted octanol–water partition coefficient (Wildman–Crippen LogP) is 3.30. The Balaban J connectivity index is 2.57. The molecule has 0 radical (unpaired) electrons. The Morgan fingerprint density at radius 3 is 2.00 bits per heavy atom. The van der Waals surface area contributed by atoms with E-state index in [9.17, 15) is 0 Å². The summed E-state index contributed by atoms with van der Waals surface area (Å²) in [5.41, 5.74) is 0.470. The van der Waals surface area contributed by atoms with Gasteiger partial charge in [0.1, 0.15) is 0 Å². The number of hydrogen-bond acceptors (Lipinski definition) is 1. The Labute approximate surface area is 89.7 Å². The highest BCUT2D eigenvalue weighted by Gasteiger charge is 2.34. The monoisotopic (exact) mass is 197 g/mol. The summed E-state index contributed by atoms with van der Waals surface area (Å²) < 4.78 is 0. The highest BCUT2D eigenvalue weighted by Crippen LogP contribution is 2.42. The van der Waals surface area contributed by atoms with Crippen LogP contribution in [0.2, 0.25) is 0 Å². The summed E-state index contributed by atoms with van der Waals surface area (Å²) in [6, 6.07) is 0. The zero-order valence-electron chi connectivity index (χ0n) is 10.6.